The summed E-state index contributed by atoms with van der Waals surface area (Å²) in [4.78, 5) is 25.8. The number of nitrogens with one attached hydrogen (secondary N) is 1. The summed E-state index contributed by atoms with van der Waals surface area (Å²) in [7, 11) is 0. The van der Waals surface area contributed by atoms with E-state index in [1.807, 2.05) is 17.5 Å². The van der Waals surface area contributed by atoms with Crippen molar-refractivity contribution in [3.8, 4) is 0 Å². The molecule has 0 bridgehead atoms. The van der Waals surface area contributed by atoms with Crippen molar-refractivity contribution in [2.75, 3.05) is 0 Å². The first kappa shape index (κ1) is 17.8. The zero-order valence-electron chi connectivity index (χ0n) is 13.2. The molecule has 130 valence electrons. The van der Waals surface area contributed by atoms with E-state index >= 15 is 0 Å². The van der Waals surface area contributed by atoms with Gasteiger partial charge in [0, 0.05) is 10.6 Å². The van der Waals surface area contributed by atoms with Gasteiger partial charge in [-0.3, -0.25) is 14.2 Å². The molecule has 8 heteroatoms. The molecule has 4 nitrogen and oxygen atoms in total. The number of benzene rings is 1. The van der Waals surface area contributed by atoms with Crippen molar-refractivity contribution in [3.05, 3.63) is 77.2 Å². The highest BCUT2D eigenvalue weighted by Crippen LogP contribution is 2.19. The second-order valence-corrected chi connectivity index (χ2v) is 7.78. The summed E-state index contributed by atoms with van der Waals surface area (Å²) < 4.78 is 14.8. The molecule has 1 amide bonds. The molecule has 1 aromatic carbocycles. The van der Waals surface area contributed by atoms with Gasteiger partial charge < -0.3 is 5.32 Å². The second kappa shape index (κ2) is 7.51. The van der Waals surface area contributed by atoms with Gasteiger partial charge in [0.15, 0.2) is 0 Å². The average molecular weight is 397 g/mol. The van der Waals surface area contributed by atoms with E-state index in [0.717, 1.165) is 16.2 Å². The molecule has 0 aliphatic rings. The molecule has 0 fully saturated rings. The van der Waals surface area contributed by atoms with Gasteiger partial charge in [-0.05, 0) is 36.1 Å². The van der Waals surface area contributed by atoms with Crippen LogP contribution in [0.3, 0.4) is 0 Å². The Balaban J connectivity index is 1.79. The van der Waals surface area contributed by atoms with Crippen LogP contribution in [0.5, 0.6) is 0 Å². The normalized spacial score (nSPS) is 10.8. The van der Waals surface area contributed by atoms with Crippen LogP contribution >= 0.6 is 34.3 Å². The Labute approximate surface area is 156 Å². The fraction of sp³-hybridized carbons (Fsp3) is 0.176. The van der Waals surface area contributed by atoms with Gasteiger partial charge in [0.25, 0.3) is 5.91 Å². The fourth-order valence-electron chi connectivity index (χ4n) is 2.35. The maximum Gasteiger partial charge on any atom is 0.308 e. The average Bonchev–Trinajstić information content (AvgIpc) is 3.19. The molecule has 3 rings (SSSR count). The summed E-state index contributed by atoms with van der Waals surface area (Å²) in [5.41, 5.74) is 1.28. The number of aromatic nitrogens is 1. The molecular formula is C17H14ClFN2O2S2. The van der Waals surface area contributed by atoms with E-state index in [0.29, 0.717) is 22.7 Å². The highest BCUT2D eigenvalue weighted by molar-refractivity contribution is 7.11. The van der Waals surface area contributed by atoms with Crippen molar-refractivity contribution >= 4 is 40.2 Å². The van der Waals surface area contributed by atoms with E-state index in [9.17, 15) is 14.0 Å². The fourth-order valence-corrected chi connectivity index (χ4v) is 4.11. The molecule has 0 saturated heterocycles. The number of carbonyl (C=O) groups is 1. The number of thiazole rings is 1. The minimum atomic E-state index is -0.506. The van der Waals surface area contributed by atoms with Gasteiger partial charge >= 0.3 is 4.87 Å². The summed E-state index contributed by atoms with van der Waals surface area (Å²) in [6.45, 7) is 2.39. The van der Waals surface area contributed by atoms with Crippen LogP contribution in [-0.4, -0.2) is 10.5 Å². The van der Waals surface area contributed by atoms with E-state index in [2.05, 4.69) is 5.32 Å². The van der Waals surface area contributed by atoms with E-state index in [4.69, 9.17) is 11.6 Å². The van der Waals surface area contributed by atoms with Crippen LogP contribution in [0, 0.1) is 12.7 Å². The van der Waals surface area contributed by atoms with Gasteiger partial charge in [0.05, 0.1) is 18.1 Å². The number of rotatable bonds is 5. The van der Waals surface area contributed by atoms with Crippen molar-refractivity contribution in [2.24, 2.45) is 0 Å². The molecular weight excluding hydrogens is 383 g/mol. The van der Waals surface area contributed by atoms with Gasteiger partial charge in [-0.15, -0.1) is 11.3 Å². The molecule has 2 heterocycles. The highest BCUT2D eigenvalue weighted by Gasteiger charge is 2.18. The Morgan fingerprint density at radius 3 is 2.84 bits per heavy atom. The van der Waals surface area contributed by atoms with Crippen LogP contribution in [-0.2, 0) is 13.1 Å². The Bertz CT molecular complexity index is 964. The monoisotopic (exact) mass is 396 g/mol. The van der Waals surface area contributed by atoms with Gasteiger partial charge in [-0.1, -0.05) is 35.1 Å². The third kappa shape index (κ3) is 4.00. The lowest BCUT2D eigenvalue weighted by molar-refractivity contribution is 0.0954. The van der Waals surface area contributed by atoms with Gasteiger partial charge in [-0.25, -0.2) is 4.39 Å². The largest absolute Gasteiger partial charge is 0.346 e. The van der Waals surface area contributed by atoms with E-state index in [1.54, 1.807) is 24.3 Å². The summed E-state index contributed by atoms with van der Waals surface area (Å²) >= 11 is 8.24. The van der Waals surface area contributed by atoms with Crippen molar-refractivity contribution in [2.45, 2.75) is 20.0 Å². The summed E-state index contributed by atoms with van der Waals surface area (Å²) in [5.74, 6) is -0.780. The van der Waals surface area contributed by atoms with Crippen LogP contribution in [0.25, 0.3) is 0 Å². The minimum absolute atomic E-state index is 0.00680. The first-order valence-corrected chi connectivity index (χ1v) is 9.48. The Kier molecular flexibility index (Phi) is 5.36. The number of carbonyl (C=O) groups excluding carboxylic acids is 1. The topological polar surface area (TPSA) is 51.1 Å². The maximum absolute atomic E-state index is 13.3. The first-order chi connectivity index (χ1) is 12.0. The third-order valence-corrected chi connectivity index (χ3v) is 5.92. The van der Waals surface area contributed by atoms with Crippen LogP contribution in [0.1, 0.15) is 25.8 Å². The smallest absolute Gasteiger partial charge is 0.308 e. The maximum atomic E-state index is 13.3. The Morgan fingerprint density at radius 2 is 2.16 bits per heavy atom. The summed E-state index contributed by atoms with van der Waals surface area (Å²) in [6, 6.07) is 8.17. The molecule has 0 saturated carbocycles. The predicted molar refractivity (Wildman–Crippen MR) is 99.3 cm³/mol. The predicted octanol–water partition coefficient (Wildman–Crippen LogP) is 4.05. The van der Waals surface area contributed by atoms with Crippen molar-refractivity contribution in [1.29, 1.82) is 0 Å². The lowest BCUT2D eigenvalue weighted by atomic mass is 10.2. The lowest BCUT2D eigenvalue weighted by Crippen LogP contribution is -2.22. The van der Waals surface area contributed by atoms with Crippen LogP contribution < -0.4 is 10.2 Å². The van der Waals surface area contributed by atoms with Gasteiger partial charge in [-0.2, -0.15) is 0 Å². The molecule has 1 N–H and O–H groups in total. The Hall–Kier alpha value is -1.96. The number of thiophene rings is 1. The van der Waals surface area contributed by atoms with Crippen molar-refractivity contribution < 1.29 is 9.18 Å². The van der Waals surface area contributed by atoms with Crippen LogP contribution in [0.2, 0.25) is 5.02 Å². The zero-order chi connectivity index (χ0) is 18.0. The Morgan fingerprint density at radius 1 is 1.36 bits per heavy atom. The van der Waals surface area contributed by atoms with Gasteiger partial charge in [0.2, 0.25) is 0 Å². The molecule has 0 radical (unpaired) electrons. The molecule has 0 spiro atoms. The number of hydrogen-bond donors (Lipinski definition) is 1. The molecule has 25 heavy (non-hydrogen) atoms. The highest BCUT2D eigenvalue weighted by atomic mass is 35.5. The summed E-state index contributed by atoms with van der Waals surface area (Å²) in [5, 5.41) is 4.77. The molecule has 0 aliphatic carbocycles. The molecule has 0 aliphatic heterocycles. The number of amides is 1. The molecule has 3 aromatic rings. The van der Waals surface area contributed by atoms with Gasteiger partial charge in [0.1, 0.15) is 10.7 Å². The minimum Gasteiger partial charge on any atom is -0.346 e. The number of nitrogens with zero attached hydrogens (tertiary/aromatic N) is 1. The zero-order valence-corrected chi connectivity index (χ0v) is 15.6. The quantitative estimate of drug-likeness (QED) is 0.707. The van der Waals surface area contributed by atoms with E-state index in [1.165, 1.54) is 16.7 Å². The first-order valence-electron chi connectivity index (χ1n) is 7.40. The van der Waals surface area contributed by atoms with Crippen molar-refractivity contribution in [1.82, 2.24) is 9.88 Å². The van der Waals surface area contributed by atoms with E-state index in [-0.39, 0.29) is 22.3 Å². The van der Waals surface area contributed by atoms with Crippen LogP contribution in [0.4, 0.5) is 4.39 Å². The molecule has 2 aromatic heterocycles. The van der Waals surface area contributed by atoms with E-state index < -0.39 is 5.82 Å². The molecule has 0 unspecified atom stereocenters. The second-order valence-electron chi connectivity index (χ2n) is 5.38. The number of halogens is 2. The van der Waals surface area contributed by atoms with Crippen molar-refractivity contribution in [3.63, 3.8) is 0 Å². The third-order valence-electron chi connectivity index (χ3n) is 3.68. The number of hydrogen-bond acceptors (Lipinski definition) is 4. The van der Waals surface area contributed by atoms with Crippen LogP contribution in [0.15, 0.2) is 40.5 Å². The standard InChI is InChI=1S/C17H14ClFN2O2S2/c1-10-15(16(22)20-8-12-3-2-6-24-12)25-17(23)21(10)9-11-4-5-14(19)13(18)7-11/h2-7H,8-9H2,1H3,(H,20,22). The molecule has 0 atom stereocenters. The SMILES string of the molecule is Cc1c(C(=O)NCc2cccs2)sc(=O)n1Cc1ccc(F)c(Cl)c1. The lowest BCUT2D eigenvalue weighted by Gasteiger charge is -2.07. The summed E-state index contributed by atoms with van der Waals surface area (Å²) in [6.07, 6.45) is 0.